The summed E-state index contributed by atoms with van der Waals surface area (Å²) in [4.78, 5) is 14.2. The second kappa shape index (κ2) is 10.4. The van der Waals surface area contributed by atoms with Gasteiger partial charge in [0, 0.05) is 25.7 Å². The molecular weight excluding hydrogens is 390 g/mol. The summed E-state index contributed by atoms with van der Waals surface area (Å²) < 4.78 is 32.3. The first-order valence-electron chi connectivity index (χ1n) is 10.3. The number of nitrogens with one attached hydrogen (secondary N) is 2. The second-order valence-corrected chi connectivity index (χ2v) is 10.5. The number of ether oxygens (including phenoxy) is 1. The third kappa shape index (κ3) is 8.72. The van der Waals surface area contributed by atoms with Gasteiger partial charge in [0.2, 0.25) is 10.0 Å². The lowest BCUT2D eigenvalue weighted by Gasteiger charge is -2.32. The Morgan fingerprint density at radius 3 is 2.48 bits per heavy atom. The molecule has 0 spiro atoms. The van der Waals surface area contributed by atoms with Crippen molar-refractivity contribution in [3.8, 4) is 0 Å². The van der Waals surface area contributed by atoms with E-state index < -0.39 is 10.0 Å². The van der Waals surface area contributed by atoms with Crippen molar-refractivity contribution in [2.24, 2.45) is 0 Å². The summed E-state index contributed by atoms with van der Waals surface area (Å²) in [5.74, 6) is 0.146. The quantitative estimate of drug-likeness (QED) is 0.670. The molecule has 8 heteroatoms. The van der Waals surface area contributed by atoms with Gasteiger partial charge in [-0.2, -0.15) is 0 Å². The molecule has 1 aromatic carbocycles. The van der Waals surface area contributed by atoms with Crippen LogP contribution in [-0.4, -0.2) is 49.8 Å². The van der Waals surface area contributed by atoms with Gasteiger partial charge in [0.1, 0.15) is 0 Å². The Labute approximate surface area is 175 Å². The smallest absolute Gasteiger partial charge is 0.317 e. The Morgan fingerprint density at radius 2 is 1.86 bits per heavy atom. The summed E-state index contributed by atoms with van der Waals surface area (Å²) in [6, 6.07) is 7.81. The Morgan fingerprint density at radius 1 is 1.21 bits per heavy atom. The minimum atomic E-state index is -3.21. The fourth-order valence-corrected chi connectivity index (χ4v) is 4.60. The van der Waals surface area contributed by atoms with Gasteiger partial charge in [0.15, 0.2) is 0 Å². The van der Waals surface area contributed by atoms with Crippen molar-refractivity contribution in [3.63, 3.8) is 0 Å². The molecule has 164 valence electrons. The summed E-state index contributed by atoms with van der Waals surface area (Å²) in [6.45, 7) is 9.99. The fraction of sp³-hybridized carbons (Fsp3) is 0.667. The number of rotatable bonds is 8. The van der Waals surface area contributed by atoms with Crippen LogP contribution in [0.1, 0.15) is 58.1 Å². The molecule has 1 aromatic rings. The van der Waals surface area contributed by atoms with Crippen LogP contribution in [0.3, 0.4) is 0 Å². The Balaban J connectivity index is 1.78. The summed E-state index contributed by atoms with van der Waals surface area (Å²) >= 11 is 0. The predicted molar refractivity (Wildman–Crippen MR) is 115 cm³/mol. The molecule has 2 N–H and O–H groups in total. The summed E-state index contributed by atoms with van der Waals surface area (Å²) in [5.41, 5.74) is 1.91. The van der Waals surface area contributed by atoms with Crippen LogP contribution in [0.2, 0.25) is 0 Å². The van der Waals surface area contributed by atoms with Gasteiger partial charge in [-0.3, -0.25) is 0 Å². The zero-order valence-electron chi connectivity index (χ0n) is 18.0. The molecule has 0 unspecified atom stereocenters. The number of benzene rings is 1. The molecule has 0 bridgehead atoms. The van der Waals surface area contributed by atoms with Crippen LogP contribution in [0.25, 0.3) is 0 Å². The molecule has 0 saturated carbocycles. The number of sulfonamides is 1. The maximum absolute atomic E-state index is 12.5. The molecule has 0 aliphatic carbocycles. The Kier molecular flexibility index (Phi) is 8.48. The maximum atomic E-state index is 12.5. The third-order valence-electron chi connectivity index (χ3n) is 4.71. The summed E-state index contributed by atoms with van der Waals surface area (Å²) in [7, 11) is -3.21. The van der Waals surface area contributed by atoms with Gasteiger partial charge in [-0.1, -0.05) is 31.2 Å². The van der Waals surface area contributed by atoms with Gasteiger partial charge >= 0.3 is 6.03 Å². The van der Waals surface area contributed by atoms with E-state index in [4.69, 9.17) is 4.74 Å². The average Bonchev–Trinajstić information content (AvgIpc) is 2.64. The lowest BCUT2D eigenvalue weighted by Crippen LogP contribution is -2.49. The lowest BCUT2D eigenvalue weighted by atomic mass is 10.1. The van der Waals surface area contributed by atoms with Crippen molar-refractivity contribution in [2.75, 3.05) is 18.8 Å². The highest BCUT2D eigenvalue weighted by Crippen LogP contribution is 2.14. The number of nitrogens with zero attached hydrogens (tertiary/aromatic N) is 1. The summed E-state index contributed by atoms with van der Waals surface area (Å²) in [6.07, 6.45) is 1.87. The highest BCUT2D eigenvalue weighted by atomic mass is 32.2. The van der Waals surface area contributed by atoms with Gasteiger partial charge in [-0.25, -0.2) is 17.9 Å². The molecule has 1 heterocycles. The van der Waals surface area contributed by atoms with E-state index >= 15 is 0 Å². The van der Waals surface area contributed by atoms with Crippen molar-refractivity contribution in [1.82, 2.24) is 14.9 Å². The number of carbonyl (C=O) groups is 1. The third-order valence-corrected chi connectivity index (χ3v) is 6.35. The molecular formula is C21H35N3O4S. The van der Waals surface area contributed by atoms with Gasteiger partial charge in [-0.15, -0.1) is 0 Å². The zero-order chi connectivity index (χ0) is 21.5. The van der Waals surface area contributed by atoms with Crippen molar-refractivity contribution < 1.29 is 17.9 Å². The first-order valence-corrected chi connectivity index (χ1v) is 12.0. The van der Waals surface area contributed by atoms with Crippen molar-refractivity contribution in [3.05, 3.63) is 35.4 Å². The van der Waals surface area contributed by atoms with E-state index in [0.717, 1.165) is 11.1 Å². The van der Waals surface area contributed by atoms with Crippen molar-refractivity contribution >= 4 is 16.1 Å². The van der Waals surface area contributed by atoms with Gasteiger partial charge in [0.25, 0.3) is 0 Å². The van der Waals surface area contributed by atoms with Gasteiger partial charge in [-0.05, 0) is 51.2 Å². The zero-order valence-corrected chi connectivity index (χ0v) is 18.8. The molecule has 1 aliphatic heterocycles. The number of amides is 2. The van der Waals surface area contributed by atoms with Gasteiger partial charge < -0.3 is 15.0 Å². The highest BCUT2D eigenvalue weighted by molar-refractivity contribution is 7.89. The van der Waals surface area contributed by atoms with E-state index in [0.29, 0.717) is 45.5 Å². The van der Waals surface area contributed by atoms with Crippen LogP contribution < -0.4 is 10.0 Å². The largest absolute Gasteiger partial charge is 0.371 e. The number of hydrogen-bond acceptors (Lipinski definition) is 4. The first kappa shape index (κ1) is 23.6. The molecule has 0 aromatic heterocycles. The summed E-state index contributed by atoms with van der Waals surface area (Å²) in [5, 5.41) is 2.96. The molecule has 2 rings (SSSR count). The van der Waals surface area contributed by atoms with E-state index in [-0.39, 0.29) is 23.4 Å². The standard InChI is InChI=1S/C21H35N3O4S/c1-5-13-29(26,27)23-19-9-11-24(12-10-19)20(25)22-15-17-7-6-8-18(14-17)16-28-21(2,3)4/h6-8,14,19,23H,5,9-13,15-16H2,1-4H3,(H,22,25). The monoisotopic (exact) mass is 425 g/mol. The molecule has 2 amide bonds. The molecule has 1 fully saturated rings. The van der Waals surface area contributed by atoms with E-state index in [1.54, 1.807) is 4.90 Å². The van der Waals surface area contributed by atoms with E-state index in [1.165, 1.54) is 0 Å². The van der Waals surface area contributed by atoms with Crippen LogP contribution in [0.15, 0.2) is 24.3 Å². The van der Waals surface area contributed by atoms with Gasteiger partial charge in [0.05, 0.1) is 18.0 Å². The molecule has 0 radical (unpaired) electrons. The first-order chi connectivity index (χ1) is 13.6. The minimum absolute atomic E-state index is 0.0879. The van der Waals surface area contributed by atoms with Crippen LogP contribution in [0, 0.1) is 0 Å². The molecule has 1 aliphatic rings. The van der Waals surface area contributed by atoms with Crippen LogP contribution in [0.4, 0.5) is 4.79 Å². The molecule has 7 nitrogen and oxygen atoms in total. The normalized spacial score (nSPS) is 16.1. The van der Waals surface area contributed by atoms with E-state index in [9.17, 15) is 13.2 Å². The molecule has 0 atom stereocenters. The maximum Gasteiger partial charge on any atom is 0.317 e. The Hall–Kier alpha value is -1.64. The average molecular weight is 426 g/mol. The topological polar surface area (TPSA) is 87.7 Å². The number of urea groups is 1. The lowest BCUT2D eigenvalue weighted by molar-refractivity contribution is -0.0149. The van der Waals surface area contributed by atoms with Crippen LogP contribution in [-0.2, 0) is 27.9 Å². The number of likely N-dealkylation sites (tertiary alicyclic amines) is 1. The van der Waals surface area contributed by atoms with Crippen molar-refractivity contribution in [1.29, 1.82) is 0 Å². The second-order valence-electron chi connectivity index (χ2n) is 8.58. The van der Waals surface area contributed by atoms with Crippen molar-refractivity contribution in [2.45, 2.75) is 71.8 Å². The fourth-order valence-electron chi connectivity index (χ4n) is 3.20. The van der Waals surface area contributed by atoms with Crippen LogP contribution in [0.5, 0.6) is 0 Å². The molecule has 29 heavy (non-hydrogen) atoms. The van der Waals surface area contributed by atoms with E-state index in [1.807, 2.05) is 52.0 Å². The number of carbonyl (C=O) groups excluding carboxylic acids is 1. The highest BCUT2D eigenvalue weighted by Gasteiger charge is 2.25. The van der Waals surface area contributed by atoms with E-state index in [2.05, 4.69) is 10.0 Å². The SMILES string of the molecule is CCCS(=O)(=O)NC1CCN(C(=O)NCc2cccc(COC(C)(C)C)c2)CC1. The molecule has 1 saturated heterocycles. The number of hydrogen-bond donors (Lipinski definition) is 2. The van der Waals surface area contributed by atoms with Crippen LogP contribution >= 0.6 is 0 Å². The minimum Gasteiger partial charge on any atom is -0.371 e. The number of piperidine rings is 1. The Bertz CT molecular complexity index is 766. The predicted octanol–water partition coefficient (Wildman–Crippen LogP) is 3.01.